The summed E-state index contributed by atoms with van der Waals surface area (Å²) in [5.41, 5.74) is 3.05. The zero-order valence-corrected chi connectivity index (χ0v) is 16.3. The minimum absolute atomic E-state index is 0.231. The summed E-state index contributed by atoms with van der Waals surface area (Å²) in [4.78, 5) is 23.5. The number of pyridine rings is 1. The van der Waals surface area contributed by atoms with Crippen LogP contribution in [0.3, 0.4) is 0 Å². The third-order valence-electron chi connectivity index (χ3n) is 5.80. The molecular formula is C22H26N4O. The van der Waals surface area contributed by atoms with Gasteiger partial charge in [-0.25, -0.2) is 4.98 Å². The standard InChI is InChI=1S/C22H26N4O/c1-15-23-13-22(26(15)3)16-7-8-17-12-24-19(10-18(17)9-16)11-21(27)14-25(2)20-5-4-6-20/h7-10,12-13,20H,4-6,11,14H2,1-3H3. The molecule has 5 heteroatoms. The average molecular weight is 362 g/mol. The number of aryl methyl sites for hydroxylation is 1. The monoisotopic (exact) mass is 362 g/mol. The molecule has 1 saturated carbocycles. The highest BCUT2D eigenvalue weighted by Crippen LogP contribution is 2.25. The number of hydrogen-bond acceptors (Lipinski definition) is 4. The Morgan fingerprint density at radius 2 is 2.00 bits per heavy atom. The van der Waals surface area contributed by atoms with Crippen molar-refractivity contribution in [3.05, 3.63) is 48.2 Å². The van der Waals surface area contributed by atoms with Crippen molar-refractivity contribution in [2.75, 3.05) is 13.6 Å². The lowest BCUT2D eigenvalue weighted by Gasteiger charge is -2.34. The lowest BCUT2D eigenvalue weighted by molar-refractivity contribution is -0.120. The number of rotatable bonds is 6. The first kappa shape index (κ1) is 17.9. The Morgan fingerprint density at radius 1 is 1.19 bits per heavy atom. The third kappa shape index (κ3) is 3.65. The number of carbonyl (C=O) groups excluding carboxylic acids is 1. The fourth-order valence-corrected chi connectivity index (χ4v) is 3.71. The van der Waals surface area contributed by atoms with E-state index in [9.17, 15) is 4.79 Å². The topological polar surface area (TPSA) is 51.0 Å². The average Bonchev–Trinajstić information content (AvgIpc) is 2.91. The summed E-state index contributed by atoms with van der Waals surface area (Å²) in [6.45, 7) is 2.51. The van der Waals surface area contributed by atoms with Crippen molar-refractivity contribution in [3.63, 3.8) is 0 Å². The molecule has 2 aromatic heterocycles. The molecule has 3 aromatic rings. The van der Waals surface area contributed by atoms with E-state index in [4.69, 9.17) is 0 Å². The Balaban J connectivity index is 1.53. The lowest BCUT2D eigenvalue weighted by atomic mass is 9.91. The molecule has 1 aliphatic carbocycles. The van der Waals surface area contributed by atoms with E-state index in [0.29, 0.717) is 19.0 Å². The minimum Gasteiger partial charge on any atom is -0.331 e. The second-order valence-corrected chi connectivity index (χ2v) is 7.70. The first-order valence-electron chi connectivity index (χ1n) is 9.60. The second-order valence-electron chi connectivity index (χ2n) is 7.70. The quantitative estimate of drug-likeness (QED) is 0.673. The minimum atomic E-state index is 0.231. The maximum absolute atomic E-state index is 12.4. The van der Waals surface area contributed by atoms with E-state index in [1.54, 1.807) is 0 Å². The van der Waals surface area contributed by atoms with Crippen LogP contribution in [-0.4, -0.2) is 44.9 Å². The number of Topliss-reactive ketones (excluding diaryl/α,β-unsaturated/α-hetero) is 1. The molecule has 0 amide bonds. The van der Waals surface area contributed by atoms with Crippen molar-refractivity contribution in [2.45, 2.75) is 38.6 Å². The zero-order valence-electron chi connectivity index (χ0n) is 16.3. The molecule has 0 atom stereocenters. The second kappa shape index (κ2) is 7.24. The summed E-state index contributed by atoms with van der Waals surface area (Å²) in [6.07, 6.45) is 7.88. The zero-order chi connectivity index (χ0) is 19.0. The van der Waals surface area contributed by atoms with E-state index in [0.717, 1.165) is 33.5 Å². The van der Waals surface area contributed by atoms with E-state index < -0.39 is 0 Å². The fraction of sp³-hybridized carbons (Fsp3) is 0.409. The van der Waals surface area contributed by atoms with Gasteiger partial charge >= 0.3 is 0 Å². The predicted molar refractivity (Wildman–Crippen MR) is 108 cm³/mol. The van der Waals surface area contributed by atoms with Gasteiger partial charge in [-0.3, -0.25) is 14.7 Å². The van der Waals surface area contributed by atoms with Gasteiger partial charge in [0.2, 0.25) is 0 Å². The van der Waals surface area contributed by atoms with Crippen LogP contribution in [0.25, 0.3) is 22.0 Å². The SMILES string of the molecule is Cc1ncc(-c2ccc3cnc(CC(=O)CN(C)C4CCC4)cc3c2)n1C. The Morgan fingerprint density at radius 3 is 2.67 bits per heavy atom. The molecule has 0 aliphatic heterocycles. The van der Waals surface area contributed by atoms with Gasteiger partial charge in [0, 0.05) is 35.9 Å². The number of fused-ring (bicyclic) bond motifs is 1. The van der Waals surface area contributed by atoms with Crippen LogP contribution in [0.5, 0.6) is 0 Å². The summed E-state index contributed by atoms with van der Waals surface area (Å²) in [6, 6.07) is 8.96. The number of imidazole rings is 1. The van der Waals surface area contributed by atoms with Crippen molar-refractivity contribution < 1.29 is 4.79 Å². The molecule has 27 heavy (non-hydrogen) atoms. The number of nitrogens with zero attached hydrogens (tertiary/aromatic N) is 4. The van der Waals surface area contributed by atoms with Crippen LogP contribution >= 0.6 is 0 Å². The molecule has 0 spiro atoms. The first-order valence-corrected chi connectivity index (χ1v) is 9.60. The van der Waals surface area contributed by atoms with Crippen molar-refractivity contribution >= 4 is 16.6 Å². The van der Waals surface area contributed by atoms with Crippen LogP contribution in [0.1, 0.15) is 30.8 Å². The summed E-state index contributed by atoms with van der Waals surface area (Å²) < 4.78 is 2.09. The number of carbonyl (C=O) groups is 1. The highest BCUT2D eigenvalue weighted by molar-refractivity contribution is 5.88. The van der Waals surface area contributed by atoms with Gasteiger partial charge in [-0.2, -0.15) is 0 Å². The molecule has 4 rings (SSSR count). The maximum atomic E-state index is 12.4. The summed E-state index contributed by atoms with van der Waals surface area (Å²) in [5, 5.41) is 2.19. The van der Waals surface area contributed by atoms with Crippen LogP contribution in [0, 0.1) is 6.92 Å². The molecule has 0 radical (unpaired) electrons. The van der Waals surface area contributed by atoms with Gasteiger partial charge in [0.25, 0.3) is 0 Å². The molecule has 0 saturated heterocycles. The number of hydrogen-bond donors (Lipinski definition) is 0. The van der Waals surface area contributed by atoms with Gasteiger partial charge < -0.3 is 4.57 Å². The Labute approximate surface area is 160 Å². The molecule has 2 heterocycles. The molecule has 1 aliphatic rings. The van der Waals surface area contributed by atoms with Crippen molar-refractivity contribution in [1.82, 2.24) is 19.4 Å². The molecular weight excluding hydrogens is 336 g/mol. The van der Waals surface area contributed by atoms with Crippen molar-refractivity contribution in [3.8, 4) is 11.3 Å². The highest BCUT2D eigenvalue weighted by Gasteiger charge is 2.23. The highest BCUT2D eigenvalue weighted by atomic mass is 16.1. The van der Waals surface area contributed by atoms with Crippen molar-refractivity contribution in [1.29, 1.82) is 0 Å². The van der Waals surface area contributed by atoms with Crippen LogP contribution in [0.15, 0.2) is 36.7 Å². The van der Waals surface area contributed by atoms with E-state index in [1.807, 2.05) is 32.4 Å². The van der Waals surface area contributed by atoms with Crippen LogP contribution in [-0.2, 0) is 18.3 Å². The van der Waals surface area contributed by atoms with Gasteiger partial charge in [-0.05, 0) is 44.3 Å². The molecule has 1 fully saturated rings. The summed E-state index contributed by atoms with van der Waals surface area (Å²) >= 11 is 0. The van der Waals surface area contributed by atoms with Crippen molar-refractivity contribution in [2.24, 2.45) is 7.05 Å². The Hall–Kier alpha value is -2.53. The van der Waals surface area contributed by atoms with Gasteiger partial charge in [0.05, 0.1) is 24.9 Å². The van der Waals surface area contributed by atoms with Crippen LogP contribution in [0.2, 0.25) is 0 Å². The van der Waals surface area contributed by atoms with Crippen LogP contribution < -0.4 is 0 Å². The molecule has 1 aromatic carbocycles. The number of likely N-dealkylation sites (N-methyl/N-ethyl adjacent to an activating group) is 1. The molecule has 0 bridgehead atoms. The predicted octanol–water partition coefficient (Wildman–Crippen LogP) is 3.54. The number of ketones is 1. The maximum Gasteiger partial charge on any atom is 0.152 e. The van der Waals surface area contributed by atoms with Crippen LogP contribution in [0.4, 0.5) is 0 Å². The van der Waals surface area contributed by atoms with E-state index in [-0.39, 0.29) is 5.78 Å². The Bertz CT molecular complexity index is 987. The van der Waals surface area contributed by atoms with E-state index in [1.165, 1.54) is 19.3 Å². The number of aromatic nitrogens is 3. The van der Waals surface area contributed by atoms with E-state index >= 15 is 0 Å². The number of benzene rings is 1. The molecule has 0 unspecified atom stereocenters. The van der Waals surface area contributed by atoms with E-state index in [2.05, 4.69) is 44.7 Å². The lowest BCUT2D eigenvalue weighted by Crippen LogP contribution is -2.40. The van der Waals surface area contributed by atoms with Gasteiger partial charge in [0.1, 0.15) is 5.82 Å². The third-order valence-corrected chi connectivity index (χ3v) is 5.80. The largest absolute Gasteiger partial charge is 0.331 e. The van der Waals surface area contributed by atoms with Gasteiger partial charge in [-0.1, -0.05) is 18.6 Å². The first-order chi connectivity index (χ1) is 13.0. The summed E-state index contributed by atoms with van der Waals surface area (Å²) in [5.74, 6) is 1.22. The molecule has 0 N–H and O–H groups in total. The summed E-state index contributed by atoms with van der Waals surface area (Å²) in [7, 11) is 4.08. The fourth-order valence-electron chi connectivity index (χ4n) is 3.71. The smallest absolute Gasteiger partial charge is 0.152 e. The Kier molecular flexibility index (Phi) is 4.79. The van der Waals surface area contributed by atoms with Gasteiger partial charge in [0.15, 0.2) is 5.78 Å². The molecule has 140 valence electrons. The molecule has 5 nitrogen and oxygen atoms in total. The normalized spacial score (nSPS) is 14.7. The van der Waals surface area contributed by atoms with Gasteiger partial charge in [-0.15, -0.1) is 0 Å².